The second-order valence-electron chi connectivity index (χ2n) is 3.73. The molecule has 0 bridgehead atoms. The molecule has 0 spiro atoms. The zero-order valence-corrected chi connectivity index (χ0v) is 9.20. The van der Waals surface area contributed by atoms with E-state index < -0.39 is 0 Å². The Labute approximate surface area is 85.3 Å². The first-order valence-corrected chi connectivity index (χ1v) is 4.89. The summed E-state index contributed by atoms with van der Waals surface area (Å²) in [6.07, 6.45) is 3.89. The van der Waals surface area contributed by atoms with Crippen molar-refractivity contribution in [3.05, 3.63) is 29.1 Å². The molecular weight excluding hydrogens is 174 g/mol. The SMILES string of the molecule is C/C=C\c1cc(C(C)C)c(O)c(C)n1. The summed E-state index contributed by atoms with van der Waals surface area (Å²) in [5, 5.41) is 9.77. The van der Waals surface area contributed by atoms with Gasteiger partial charge in [-0.1, -0.05) is 19.9 Å². The van der Waals surface area contributed by atoms with Crippen LogP contribution in [0.5, 0.6) is 5.75 Å². The van der Waals surface area contributed by atoms with Crippen LogP contribution in [-0.2, 0) is 0 Å². The molecule has 0 amide bonds. The molecule has 0 aliphatic rings. The molecule has 0 aliphatic carbocycles. The van der Waals surface area contributed by atoms with E-state index in [0.29, 0.717) is 17.4 Å². The first kappa shape index (κ1) is 10.8. The second-order valence-corrected chi connectivity index (χ2v) is 3.73. The number of nitrogens with zero attached hydrogens (tertiary/aromatic N) is 1. The summed E-state index contributed by atoms with van der Waals surface area (Å²) in [6.45, 7) is 7.91. The number of hydrogen-bond donors (Lipinski definition) is 1. The molecule has 2 heteroatoms. The second kappa shape index (κ2) is 4.27. The normalized spacial score (nSPS) is 11.5. The highest BCUT2D eigenvalue weighted by molar-refractivity contribution is 5.50. The van der Waals surface area contributed by atoms with Gasteiger partial charge < -0.3 is 5.11 Å². The fourth-order valence-corrected chi connectivity index (χ4v) is 1.41. The molecule has 76 valence electrons. The van der Waals surface area contributed by atoms with E-state index in [9.17, 15) is 5.11 Å². The predicted molar refractivity (Wildman–Crippen MR) is 59.4 cm³/mol. The lowest BCUT2D eigenvalue weighted by atomic mass is 10.0. The van der Waals surface area contributed by atoms with Crippen LogP contribution in [0.15, 0.2) is 12.1 Å². The number of rotatable bonds is 2. The lowest BCUT2D eigenvalue weighted by Crippen LogP contribution is -1.95. The Hall–Kier alpha value is -1.31. The summed E-state index contributed by atoms with van der Waals surface area (Å²) in [5.41, 5.74) is 2.57. The molecule has 14 heavy (non-hydrogen) atoms. The molecule has 0 fully saturated rings. The lowest BCUT2D eigenvalue weighted by molar-refractivity contribution is 0.457. The van der Waals surface area contributed by atoms with E-state index >= 15 is 0 Å². The zero-order chi connectivity index (χ0) is 10.7. The number of hydrogen-bond acceptors (Lipinski definition) is 2. The average molecular weight is 191 g/mol. The number of pyridine rings is 1. The maximum absolute atomic E-state index is 9.77. The van der Waals surface area contributed by atoms with Crippen molar-refractivity contribution >= 4 is 6.08 Å². The Balaban J connectivity index is 3.28. The van der Waals surface area contributed by atoms with Crippen LogP contribution in [0, 0.1) is 6.92 Å². The lowest BCUT2D eigenvalue weighted by Gasteiger charge is -2.11. The Bertz CT molecular complexity index is 354. The van der Waals surface area contributed by atoms with Crippen molar-refractivity contribution in [2.24, 2.45) is 0 Å². The first-order chi connectivity index (χ1) is 6.56. The highest BCUT2D eigenvalue weighted by Gasteiger charge is 2.10. The quantitative estimate of drug-likeness (QED) is 0.778. The molecule has 0 atom stereocenters. The number of aromatic nitrogens is 1. The third-order valence-electron chi connectivity index (χ3n) is 2.18. The van der Waals surface area contributed by atoms with Gasteiger partial charge in [0.1, 0.15) is 5.75 Å². The number of aromatic hydroxyl groups is 1. The molecule has 1 aromatic rings. The van der Waals surface area contributed by atoms with Crippen LogP contribution in [0.3, 0.4) is 0 Å². The van der Waals surface area contributed by atoms with Crippen LogP contribution in [0.25, 0.3) is 6.08 Å². The van der Waals surface area contributed by atoms with Gasteiger partial charge in [0, 0.05) is 5.56 Å². The van der Waals surface area contributed by atoms with E-state index in [1.165, 1.54) is 0 Å². The summed E-state index contributed by atoms with van der Waals surface area (Å²) in [6, 6.07) is 1.94. The standard InChI is InChI=1S/C12H17NO/c1-5-6-10-7-11(8(2)3)12(14)9(4)13-10/h5-8,14H,1-4H3/b6-5-. The van der Waals surface area contributed by atoms with Gasteiger partial charge in [-0.3, -0.25) is 0 Å². The van der Waals surface area contributed by atoms with Crippen LogP contribution in [-0.4, -0.2) is 10.1 Å². The first-order valence-electron chi connectivity index (χ1n) is 4.89. The van der Waals surface area contributed by atoms with Crippen molar-refractivity contribution in [1.82, 2.24) is 4.98 Å². The van der Waals surface area contributed by atoms with Crippen molar-refractivity contribution in [2.75, 3.05) is 0 Å². The largest absolute Gasteiger partial charge is 0.506 e. The summed E-state index contributed by atoms with van der Waals surface area (Å²) in [4.78, 5) is 4.27. The minimum atomic E-state index is 0.320. The Kier molecular flexibility index (Phi) is 3.28. The summed E-state index contributed by atoms with van der Waals surface area (Å²) in [5.74, 6) is 0.647. The van der Waals surface area contributed by atoms with Crippen molar-refractivity contribution < 1.29 is 5.11 Å². The molecule has 0 saturated carbocycles. The zero-order valence-electron chi connectivity index (χ0n) is 9.20. The molecule has 1 aromatic heterocycles. The van der Waals surface area contributed by atoms with E-state index in [2.05, 4.69) is 18.8 Å². The van der Waals surface area contributed by atoms with Gasteiger partial charge in [0.05, 0.1) is 11.4 Å². The van der Waals surface area contributed by atoms with E-state index in [-0.39, 0.29) is 0 Å². The van der Waals surface area contributed by atoms with Crippen LogP contribution < -0.4 is 0 Å². The number of allylic oxidation sites excluding steroid dienone is 1. The minimum Gasteiger partial charge on any atom is -0.506 e. The molecule has 0 unspecified atom stereocenters. The van der Waals surface area contributed by atoms with Crippen molar-refractivity contribution in [3.8, 4) is 5.75 Å². The van der Waals surface area contributed by atoms with E-state index in [0.717, 1.165) is 11.3 Å². The van der Waals surface area contributed by atoms with Crippen LogP contribution in [0.4, 0.5) is 0 Å². The smallest absolute Gasteiger partial charge is 0.140 e. The number of aryl methyl sites for hydroxylation is 1. The fourth-order valence-electron chi connectivity index (χ4n) is 1.41. The Morgan fingerprint density at radius 1 is 1.43 bits per heavy atom. The van der Waals surface area contributed by atoms with Gasteiger partial charge in [-0.2, -0.15) is 0 Å². The molecule has 1 rings (SSSR count). The molecule has 1 N–H and O–H groups in total. The highest BCUT2D eigenvalue weighted by Crippen LogP contribution is 2.28. The van der Waals surface area contributed by atoms with Crippen LogP contribution in [0.1, 0.15) is 43.6 Å². The van der Waals surface area contributed by atoms with E-state index in [1.54, 1.807) is 0 Å². The molecule has 0 aromatic carbocycles. The van der Waals surface area contributed by atoms with Gasteiger partial charge in [0.2, 0.25) is 0 Å². The van der Waals surface area contributed by atoms with Gasteiger partial charge in [-0.05, 0) is 31.9 Å². The summed E-state index contributed by atoms with van der Waals surface area (Å²) in [7, 11) is 0. The van der Waals surface area contributed by atoms with Crippen LogP contribution >= 0.6 is 0 Å². The van der Waals surface area contributed by atoms with Gasteiger partial charge in [0.25, 0.3) is 0 Å². The molecule has 0 saturated heterocycles. The van der Waals surface area contributed by atoms with Gasteiger partial charge in [-0.15, -0.1) is 0 Å². The molecule has 0 radical (unpaired) electrons. The fraction of sp³-hybridized carbons (Fsp3) is 0.417. The topological polar surface area (TPSA) is 33.1 Å². The third-order valence-corrected chi connectivity index (χ3v) is 2.18. The summed E-state index contributed by atoms with van der Waals surface area (Å²) >= 11 is 0. The predicted octanol–water partition coefficient (Wildman–Crippen LogP) is 3.25. The van der Waals surface area contributed by atoms with Crippen LogP contribution in [0.2, 0.25) is 0 Å². The Morgan fingerprint density at radius 2 is 2.07 bits per heavy atom. The maximum atomic E-state index is 9.77. The van der Waals surface area contributed by atoms with Gasteiger partial charge >= 0.3 is 0 Å². The minimum absolute atomic E-state index is 0.320. The van der Waals surface area contributed by atoms with Gasteiger partial charge in [-0.25, -0.2) is 4.98 Å². The third kappa shape index (κ3) is 2.13. The molecule has 1 heterocycles. The van der Waals surface area contributed by atoms with Crippen molar-refractivity contribution in [3.63, 3.8) is 0 Å². The van der Waals surface area contributed by atoms with Gasteiger partial charge in [0.15, 0.2) is 0 Å². The molecule has 0 aliphatic heterocycles. The molecular formula is C12H17NO. The highest BCUT2D eigenvalue weighted by atomic mass is 16.3. The van der Waals surface area contributed by atoms with E-state index in [4.69, 9.17) is 0 Å². The monoisotopic (exact) mass is 191 g/mol. The molecule has 2 nitrogen and oxygen atoms in total. The van der Waals surface area contributed by atoms with Crippen molar-refractivity contribution in [1.29, 1.82) is 0 Å². The average Bonchev–Trinajstić information content (AvgIpc) is 2.11. The van der Waals surface area contributed by atoms with E-state index in [1.807, 2.05) is 32.1 Å². The summed E-state index contributed by atoms with van der Waals surface area (Å²) < 4.78 is 0. The Morgan fingerprint density at radius 3 is 2.57 bits per heavy atom. The maximum Gasteiger partial charge on any atom is 0.140 e. The van der Waals surface area contributed by atoms with Crippen molar-refractivity contribution in [2.45, 2.75) is 33.6 Å².